The maximum atomic E-state index is 11.9. The number of aryl methyl sites for hydroxylation is 2. The summed E-state index contributed by atoms with van der Waals surface area (Å²) in [6.45, 7) is 3.71. The number of amides is 1. The second-order valence-electron chi connectivity index (χ2n) is 5.44. The molecule has 0 saturated heterocycles. The smallest absolute Gasteiger partial charge is 0.258 e. The number of aliphatic hydroxyl groups is 1. The third kappa shape index (κ3) is 3.30. The van der Waals surface area contributed by atoms with Crippen molar-refractivity contribution < 1.29 is 14.6 Å². The fourth-order valence-corrected chi connectivity index (χ4v) is 2.63. The van der Waals surface area contributed by atoms with Crippen molar-refractivity contribution >= 4 is 5.91 Å². The average Bonchev–Trinajstić information content (AvgIpc) is 2.64. The molecule has 6 heteroatoms. The molecule has 0 bridgehead atoms. The summed E-state index contributed by atoms with van der Waals surface area (Å²) in [6, 6.07) is -0.143. The lowest BCUT2D eigenvalue weighted by molar-refractivity contribution is -0.125. The fraction of sp³-hybridized carbons (Fsp3) is 0.714. The number of carbonyl (C=O) groups excluding carboxylic acids is 1. The summed E-state index contributed by atoms with van der Waals surface area (Å²) in [5.41, 5.74) is 1.67. The molecule has 2 atom stereocenters. The van der Waals surface area contributed by atoms with Crippen molar-refractivity contribution in [2.24, 2.45) is 7.05 Å². The first kappa shape index (κ1) is 14.8. The van der Waals surface area contributed by atoms with Crippen molar-refractivity contribution in [3.63, 3.8) is 0 Å². The molecule has 2 rings (SSSR count). The van der Waals surface area contributed by atoms with Gasteiger partial charge >= 0.3 is 0 Å². The lowest BCUT2D eigenvalue weighted by Gasteiger charge is -2.28. The molecule has 0 aromatic carbocycles. The molecule has 1 aromatic heterocycles. The minimum atomic E-state index is -0.436. The van der Waals surface area contributed by atoms with Gasteiger partial charge in [-0.2, -0.15) is 5.10 Å². The predicted molar refractivity (Wildman–Crippen MR) is 74.6 cm³/mol. The van der Waals surface area contributed by atoms with E-state index in [4.69, 9.17) is 4.74 Å². The Hall–Kier alpha value is -1.56. The van der Waals surface area contributed by atoms with Crippen molar-refractivity contribution in [1.82, 2.24) is 15.1 Å². The molecule has 0 radical (unpaired) electrons. The van der Waals surface area contributed by atoms with Gasteiger partial charge in [-0.3, -0.25) is 9.48 Å². The van der Waals surface area contributed by atoms with E-state index in [9.17, 15) is 9.90 Å². The van der Waals surface area contributed by atoms with Gasteiger partial charge in [0, 0.05) is 7.05 Å². The van der Waals surface area contributed by atoms with Gasteiger partial charge in [-0.1, -0.05) is 12.8 Å². The molecule has 112 valence electrons. The van der Waals surface area contributed by atoms with Crippen LogP contribution in [0.3, 0.4) is 0 Å². The van der Waals surface area contributed by atoms with Gasteiger partial charge in [-0.05, 0) is 26.7 Å². The Morgan fingerprint density at radius 3 is 2.75 bits per heavy atom. The van der Waals surface area contributed by atoms with Crippen LogP contribution in [0.4, 0.5) is 0 Å². The molecule has 20 heavy (non-hydrogen) atoms. The number of hydrogen-bond donors (Lipinski definition) is 2. The van der Waals surface area contributed by atoms with Gasteiger partial charge in [0.25, 0.3) is 5.91 Å². The average molecular weight is 281 g/mol. The van der Waals surface area contributed by atoms with E-state index in [1.165, 1.54) is 0 Å². The predicted octanol–water partition coefficient (Wildman–Crippen LogP) is 0.835. The minimum Gasteiger partial charge on any atom is -0.480 e. The number of carbonyl (C=O) groups is 1. The van der Waals surface area contributed by atoms with E-state index in [0.29, 0.717) is 5.75 Å². The van der Waals surface area contributed by atoms with Gasteiger partial charge in [0.1, 0.15) is 5.69 Å². The maximum absolute atomic E-state index is 11.9. The molecule has 1 aliphatic rings. The summed E-state index contributed by atoms with van der Waals surface area (Å²) in [4.78, 5) is 11.9. The van der Waals surface area contributed by atoms with E-state index in [1.807, 2.05) is 20.9 Å². The molecule has 1 aromatic rings. The second kappa shape index (κ2) is 6.26. The number of hydrogen-bond acceptors (Lipinski definition) is 4. The summed E-state index contributed by atoms with van der Waals surface area (Å²) in [6.07, 6.45) is 3.22. The largest absolute Gasteiger partial charge is 0.480 e. The molecular weight excluding hydrogens is 258 g/mol. The van der Waals surface area contributed by atoms with E-state index in [2.05, 4.69) is 10.4 Å². The van der Waals surface area contributed by atoms with E-state index >= 15 is 0 Å². The van der Waals surface area contributed by atoms with Crippen molar-refractivity contribution in [2.45, 2.75) is 51.7 Å². The number of rotatable bonds is 4. The van der Waals surface area contributed by atoms with Crippen LogP contribution in [0.25, 0.3) is 0 Å². The zero-order chi connectivity index (χ0) is 14.7. The summed E-state index contributed by atoms with van der Waals surface area (Å²) in [5, 5.41) is 16.9. The SMILES string of the molecule is Cc1nn(C)c(C)c1OCC(=O)N[C@H]1CCCC[C@@H]1O. The quantitative estimate of drug-likeness (QED) is 0.857. The fourth-order valence-electron chi connectivity index (χ4n) is 2.63. The molecule has 1 heterocycles. The van der Waals surface area contributed by atoms with E-state index in [0.717, 1.165) is 37.1 Å². The molecule has 0 spiro atoms. The van der Waals surface area contributed by atoms with E-state index < -0.39 is 6.10 Å². The molecule has 6 nitrogen and oxygen atoms in total. The van der Waals surface area contributed by atoms with Gasteiger partial charge in [0.05, 0.1) is 17.8 Å². The van der Waals surface area contributed by atoms with Gasteiger partial charge in [-0.25, -0.2) is 0 Å². The highest BCUT2D eigenvalue weighted by atomic mass is 16.5. The minimum absolute atomic E-state index is 0.0450. The summed E-state index contributed by atoms with van der Waals surface area (Å²) in [7, 11) is 1.84. The van der Waals surface area contributed by atoms with Crippen molar-refractivity contribution in [3.05, 3.63) is 11.4 Å². The molecule has 0 aliphatic heterocycles. The van der Waals surface area contributed by atoms with Crippen LogP contribution in [-0.4, -0.2) is 39.5 Å². The van der Waals surface area contributed by atoms with Crippen molar-refractivity contribution in [1.29, 1.82) is 0 Å². The summed E-state index contributed by atoms with van der Waals surface area (Å²) >= 11 is 0. The molecule has 1 saturated carbocycles. The topological polar surface area (TPSA) is 76.4 Å². The van der Waals surface area contributed by atoms with Crippen LogP contribution >= 0.6 is 0 Å². The number of aliphatic hydroxyl groups excluding tert-OH is 1. The number of nitrogens with one attached hydrogen (secondary N) is 1. The highest BCUT2D eigenvalue weighted by Gasteiger charge is 2.24. The van der Waals surface area contributed by atoms with Crippen LogP contribution in [0.5, 0.6) is 5.75 Å². The van der Waals surface area contributed by atoms with E-state index in [-0.39, 0.29) is 18.6 Å². The normalized spacial score (nSPS) is 22.6. The zero-order valence-electron chi connectivity index (χ0n) is 12.3. The molecule has 1 amide bonds. The van der Waals surface area contributed by atoms with Crippen LogP contribution in [0.2, 0.25) is 0 Å². The van der Waals surface area contributed by atoms with Crippen LogP contribution in [0.1, 0.15) is 37.1 Å². The highest BCUT2D eigenvalue weighted by Crippen LogP contribution is 2.21. The monoisotopic (exact) mass is 281 g/mol. The Kier molecular flexibility index (Phi) is 4.65. The Morgan fingerprint density at radius 1 is 1.45 bits per heavy atom. The first-order valence-corrected chi connectivity index (χ1v) is 7.09. The zero-order valence-corrected chi connectivity index (χ0v) is 12.3. The van der Waals surface area contributed by atoms with Crippen LogP contribution in [0, 0.1) is 13.8 Å². The van der Waals surface area contributed by atoms with Crippen molar-refractivity contribution in [3.8, 4) is 5.75 Å². The number of nitrogens with zero attached hydrogens (tertiary/aromatic N) is 2. The molecular formula is C14H23N3O3. The Labute approximate surface area is 119 Å². The maximum Gasteiger partial charge on any atom is 0.258 e. The molecule has 2 N–H and O–H groups in total. The van der Waals surface area contributed by atoms with Gasteiger partial charge in [0.15, 0.2) is 12.4 Å². The standard InChI is InChI=1S/C14H23N3O3/c1-9-14(10(2)17(3)16-9)20-8-13(19)15-11-6-4-5-7-12(11)18/h11-12,18H,4-8H2,1-3H3,(H,15,19)/t11-,12-/m0/s1. The third-order valence-electron chi connectivity index (χ3n) is 3.87. The summed E-state index contributed by atoms with van der Waals surface area (Å²) < 4.78 is 7.28. The lowest BCUT2D eigenvalue weighted by Crippen LogP contribution is -2.46. The van der Waals surface area contributed by atoms with Crippen molar-refractivity contribution in [2.75, 3.05) is 6.61 Å². The second-order valence-corrected chi connectivity index (χ2v) is 5.44. The molecule has 1 fully saturated rings. The van der Waals surface area contributed by atoms with Crippen LogP contribution < -0.4 is 10.1 Å². The van der Waals surface area contributed by atoms with Gasteiger partial charge in [0.2, 0.25) is 0 Å². The van der Waals surface area contributed by atoms with Crippen LogP contribution in [-0.2, 0) is 11.8 Å². The highest BCUT2D eigenvalue weighted by molar-refractivity contribution is 5.78. The van der Waals surface area contributed by atoms with Gasteiger partial charge < -0.3 is 15.2 Å². The Morgan fingerprint density at radius 2 is 2.15 bits per heavy atom. The number of aromatic nitrogens is 2. The first-order chi connectivity index (χ1) is 9.49. The first-order valence-electron chi connectivity index (χ1n) is 7.09. The summed E-state index contributed by atoms with van der Waals surface area (Å²) in [5.74, 6) is 0.463. The number of ether oxygens (including phenoxy) is 1. The van der Waals surface area contributed by atoms with Gasteiger partial charge in [-0.15, -0.1) is 0 Å². The molecule has 0 unspecified atom stereocenters. The third-order valence-corrected chi connectivity index (χ3v) is 3.87. The lowest BCUT2D eigenvalue weighted by atomic mass is 9.92. The Bertz CT molecular complexity index is 484. The van der Waals surface area contributed by atoms with Crippen LogP contribution in [0.15, 0.2) is 0 Å². The van der Waals surface area contributed by atoms with E-state index in [1.54, 1.807) is 4.68 Å². The molecule has 1 aliphatic carbocycles. The Balaban J connectivity index is 1.86.